The molecule has 6 nitrogen and oxygen atoms in total. The van der Waals surface area contributed by atoms with Crippen LogP contribution >= 0.6 is 11.6 Å². The molecule has 124 valence electrons. The van der Waals surface area contributed by atoms with Crippen molar-refractivity contribution in [2.24, 2.45) is 7.05 Å². The fourth-order valence-corrected chi connectivity index (χ4v) is 3.21. The molecule has 0 spiro atoms. The quantitative estimate of drug-likeness (QED) is 0.493. The van der Waals surface area contributed by atoms with Crippen LogP contribution in [0.25, 0.3) is 27.6 Å². The molecule has 3 heterocycles. The van der Waals surface area contributed by atoms with E-state index in [9.17, 15) is 10.1 Å². The number of aromatic nitrogens is 4. The molecule has 25 heavy (non-hydrogen) atoms. The van der Waals surface area contributed by atoms with Gasteiger partial charge in [0.1, 0.15) is 11.2 Å². The number of rotatable bonds is 1. The summed E-state index contributed by atoms with van der Waals surface area (Å²) in [7, 11) is 1.73. The van der Waals surface area contributed by atoms with Crippen LogP contribution in [0.5, 0.6) is 0 Å². The summed E-state index contributed by atoms with van der Waals surface area (Å²) in [5.74, 6) is 0. The first-order valence-corrected chi connectivity index (χ1v) is 8.09. The third kappa shape index (κ3) is 2.13. The monoisotopic (exact) mass is 351 g/mol. The molecule has 0 radical (unpaired) electrons. The maximum Gasteiger partial charge on any atom is 0.275 e. The zero-order valence-corrected chi connectivity index (χ0v) is 14.7. The van der Waals surface area contributed by atoms with Gasteiger partial charge in [0, 0.05) is 18.6 Å². The van der Waals surface area contributed by atoms with Crippen molar-refractivity contribution in [3.8, 4) is 6.07 Å². The highest BCUT2D eigenvalue weighted by Crippen LogP contribution is 2.28. The van der Waals surface area contributed by atoms with E-state index in [1.165, 1.54) is 0 Å². The van der Waals surface area contributed by atoms with Crippen molar-refractivity contribution in [3.05, 3.63) is 51.7 Å². The standard InChI is InChI=1S/C18H14ClN5O/c1-18(2,9-20)11-4-5-12-13(7-11)23(3)16(25)14-6-10-8-21-17(19)22-15(10)24(12)14/h4-8H,1-3H3. The summed E-state index contributed by atoms with van der Waals surface area (Å²) in [6, 6.07) is 9.76. The van der Waals surface area contributed by atoms with Gasteiger partial charge in [0.2, 0.25) is 5.28 Å². The van der Waals surface area contributed by atoms with Crippen LogP contribution in [0.2, 0.25) is 5.28 Å². The molecule has 4 aromatic rings. The summed E-state index contributed by atoms with van der Waals surface area (Å²) in [5, 5.41) is 10.3. The molecule has 0 atom stereocenters. The van der Waals surface area contributed by atoms with Crippen molar-refractivity contribution in [2.75, 3.05) is 0 Å². The number of benzene rings is 1. The number of halogens is 1. The molecular formula is C18H14ClN5O. The Morgan fingerprint density at radius 3 is 2.68 bits per heavy atom. The number of nitrogens with zero attached hydrogens (tertiary/aromatic N) is 5. The second kappa shape index (κ2) is 5.04. The first kappa shape index (κ1) is 15.6. The Hall–Kier alpha value is -2.91. The lowest BCUT2D eigenvalue weighted by Crippen LogP contribution is -2.21. The smallest absolute Gasteiger partial charge is 0.275 e. The fourth-order valence-electron chi connectivity index (χ4n) is 3.09. The van der Waals surface area contributed by atoms with Gasteiger partial charge in [-0.3, -0.25) is 9.20 Å². The highest BCUT2D eigenvalue weighted by molar-refractivity contribution is 6.28. The van der Waals surface area contributed by atoms with Crippen molar-refractivity contribution >= 4 is 39.2 Å². The van der Waals surface area contributed by atoms with Gasteiger partial charge in [0.15, 0.2) is 0 Å². The van der Waals surface area contributed by atoms with E-state index >= 15 is 0 Å². The zero-order valence-electron chi connectivity index (χ0n) is 13.9. The molecule has 7 heteroatoms. The van der Waals surface area contributed by atoms with Crippen LogP contribution in [0.4, 0.5) is 0 Å². The van der Waals surface area contributed by atoms with Crippen LogP contribution in [0.3, 0.4) is 0 Å². The van der Waals surface area contributed by atoms with E-state index in [1.54, 1.807) is 28.3 Å². The van der Waals surface area contributed by atoms with Crippen LogP contribution in [0, 0.1) is 11.3 Å². The SMILES string of the molecule is Cn1c(=O)c2cc3cnc(Cl)nc3n2c2ccc(C(C)(C)C#N)cc21. The van der Waals surface area contributed by atoms with E-state index < -0.39 is 5.41 Å². The van der Waals surface area contributed by atoms with Crippen molar-refractivity contribution in [2.45, 2.75) is 19.3 Å². The van der Waals surface area contributed by atoms with Crippen molar-refractivity contribution in [3.63, 3.8) is 0 Å². The molecule has 0 aliphatic carbocycles. The molecule has 0 N–H and O–H groups in total. The minimum absolute atomic E-state index is 0.128. The third-order valence-electron chi connectivity index (χ3n) is 4.61. The van der Waals surface area contributed by atoms with Crippen LogP contribution in [-0.2, 0) is 12.5 Å². The van der Waals surface area contributed by atoms with Gasteiger partial charge < -0.3 is 4.57 Å². The zero-order chi connectivity index (χ0) is 17.9. The molecule has 0 aliphatic heterocycles. The van der Waals surface area contributed by atoms with Gasteiger partial charge in [0.05, 0.1) is 22.5 Å². The summed E-state index contributed by atoms with van der Waals surface area (Å²) in [4.78, 5) is 21.1. The predicted molar refractivity (Wildman–Crippen MR) is 96.9 cm³/mol. The van der Waals surface area contributed by atoms with Crippen LogP contribution in [0.1, 0.15) is 19.4 Å². The van der Waals surface area contributed by atoms with E-state index in [1.807, 2.05) is 32.0 Å². The normalized spacial score (nSPS) is 12.1. The van der Waals surface area contributed by atoms with Gasteiger partial charge in [0.25, 0.3) is 5.56 Å². The number of hydrogen-bond acceptors (Lipinski definition) is 4. The van der Waals surface area contributed by atoms with Crippen LogP contribution < -0.4 is 5.56 Å². The lowest BCUT2D eigenvalue weighted by molar-refractivity contribution is 0.687. The number of aryl methyl sites for hydroxylation is 1. The minimum atomic E-state index is -0.649. The Morgan fingerprint density at radius 1 is 1.20 bits per heavy atom. The van der Waals surface area contributed by atoms with Crippen molar-refractivity contribution in [1.29, 1.82) is 5.26 Å². The molecule has 0 saturated carbocycles. The van der Waals surface area contributed by atoms with Crippen molar-refractivity contribution < 1.29 is 0 Å². The third-order valence-corrected chi connectivity index (χ3v) is 4.80. The summed E-state index contributed by atoms with van der Waals surface area (Å²) >= 11 is 5.95. The lowest BCUT2D eigenvalue weighted by Gasteiger charge is -2.17. The first-order valence-electron chi connectivity index (χ1n) is 7.72. The van der Waals surface area contributed by atoms with Gasteiger partial charge in [-0.05, 0) is 49.2 Å². The molecule has 0 amide bonds. The van der Waals surface area contributed by atoms with Gasteiger partial charge in [-0.25, -0.2) is 4.98 Å². The Balaban J connectivity index is 2.24. The second-order valence-corrected chi connectivity index (χ2v) is 6.93. The molecule has 0 saturated heterocycles. The number of hydrogen-bond donors (Lipinski definition) is 0. The van der Waals surface area contributed by atoms with Gasteiger partial charge in [-0.15, -0.1) is 0 Å². The Bertz CT molecular complexity index is 1280. The summed E-state index contributed by atoms with van der Waals surface area (Å²) < 4.78 is 3.39. The average Bonchev–Trinajstić information content (AvgIpc) is 2.98. The maximum absolute atomic E-state index is 12.8. The Labute approximate surface area is 147 Å². The topological polar surface area (TPSA) is 76.0 Å². The summed E-state index contributed by atoms with van der Waals surface area (Å²) in [6.45, 7) is 3.70. The molecule has 1 aromatic carbocycles. The number of nitriles is 1. The average molecular weight is 352 g/mol. The number of fused-ring (bicyclic) bond motifs is 5. The van der Waals surface area contributed by atoms with E-state index in [4.69, 9.17) is 11.6 Å². The molecule has 0 aliphatic rings. The van der Waals surface area contributed by atoms with Crippen LogP contribution in [0.15, 0.2) is 35.3 Å². The van der Waals surface area contributed by atoms with E-state index in [0.717, 1.165) is 22.0 Å². The largest absolute Gasteiger partial charge is 0.308 e. The summed E-state index contributed by atoms with van der Waals surface area (Å²) in [5.41, 5.74) is 2.70. The van der Waals surface area contributed by atoms with Gasteiger partial charge in [-0.1, -0.05) is 6.07 Å². The van der Waals surface area contributed by atoms with E-state index in [-0.39, 0.29) is 10.8 Å². The summed E-state index contributed by atoms with van der Waals surface area (Å²) in [6.07, 6.45) is 1.61. The van der Waals surface area contributed by atoms with E-state index in [0.29, 0.717) is 11.2 Å². The fraction of sp³-hybridized carbons (Fsp3) is 0.222. The molecule has 4 rings (SSSR count). The predicted octanol–water partition coefficient (Wildman–Crippen LogP) is 3.19. The van der Waals surface area contributed by atoms with Crippen molar-refractivity contribution in [1.82, 2.24) is 18.9 Å². The second-order valence-electron chi connectivity index (χ2n) is 6.59. The van der Waals surface area contributed by atoms with Gasteiger partial charge >= 0.3 is 0 Å². The highest BCUT2D eigenvalue weighted by atomic mass is 35.5. The van der Waals surface area contributed by atoms with E-state index in [2.05, 4.69) is 16.0 Å². The Kier molecular flexibility index (Phi) is 3.15. The minimum Gasteiger partial charge on any atom is -0.308 e. The van der Waals surface area contributed by atoms with Crippen LogP contribution in [-0.4, -0.2) is 18.9 Å². The molecular weight excluding hydrogens is 338 g/mol. The van der Waals surface area contributed by atoms with Gasteiger partial charge in [-0.2, -0.15) is 10.2 Å². The molecule has 0 unspecified atom stereocenters. The maximum atomic E-state index is 12.8. The first-order chi connectivity index (χ1) is 11.8. The highest BCUT2D eigenvalue weighted by Gasteiger charge is 2.22. The Morgan fingerprint density at radius 2 is 1.96 bits per heavy atom. The molecule has 0 bridgehead atoms. The lowest BCUT2D eigenvalue weighted by atomic mass is 9.86. The molecule has 3 aromatic heterocycles. The molecule has 0 fully saturated rings.